The number of carboxylic acids is 2. The highest BCUT2D eigenvalue weighted by atomic mass is 16.4. The number of amides is 1. The molecule has 0 aliphatic heterocycles. The van der Waals surface area contributed by atoms with Gasteiger partial charge in [0.15, 0.2) is 0 Å². The molecular weight excluding hydrogens is 408 g/mol. The predicted molar refractivity (Wildman–Crippen MR) is 110 cm³/mol. The van der Waals surface area contributed by atoms with Gasteiger partial charge < -0.3 is 26.4 Å². The van der Waals surface area contributed by atoms with Gasteiger partial charge in [-0.15, -0.1) is 0 Å². The van der Waals surface area contributed by atoms with Crippen LogP contribution in [-0.4, -0.2) is 49.2 Å². The molecule has 1 heterocycles. The van der Waals surface area contributed by atoms with Gasteiger partial charge in [-0.2, -0.15) is 4.98 Å². The van der Waals surface area contributed by atoms with Crippen LogP contribution in [0.15, 0.2) is 29.1 Å². The summed E-state index contributed by atoms with van der Waals surface area (Å²) in [5.74, 6) is -3.56. The molecular formula is C20H24N4O7. The third-order valence-electron chi connectivity index (χ3n) is 4.62. The molecule has 1 amide bonds. The van der Waals surface area contributed by atoms with E-state index in [1.807, 2.05) is 0 Å². The minimum absolute atomic E-state index is 0.146. The summed E-state index contributed by atoms with van der Waals surface area (Å²) in [6.07, 6.45) is 1.75. The van der Waals surface area contributed by atoms with E-state index >= 15 is 0 Å². The molecule has 0 saturated heterocycles. The van der Waals surface area contributed by atoms with E-state index in [9.17, 15) is 24.3 Å². The van der Waals surface area contributed by atoms with Crippen molar-refractivity contribution in [2.75, 3.05) is 5.73 Å². The van der Waals surface area contributed by atoms with Gasteiger partial charge in [-0.3, -0.25) is 19.4 Å². The molecule has 1 aromatic carbocycles. The van der Waals surface area contributed by atoms with E-state index in [4.69, 9.17) is 15.9 Å². The van der Waals surface area contributed by atoms with Crippen molar-refractivity contribution in [2.24, 2.45) is 0 Å². The van der Waals surface area contributed by atoms with E-state index in [0.717, 1.165) is 5.56 Å². The van der Waals surface area contributed by atoms with Gasteiger partial charge in [0.05, 0.1) is 5.56 Å². The second-order valence-electron chi connectivity index (χ2n) is 6.95. The number of carboxylic acid groups (broad SMARTS) is 2. The topological polar surface area (TPSA) is 196 Å². The first kappa shape index (κ1) is 23.4. The van der Waals surface area contributed by atoms with Crippen LogP contribution < -0.4 is 16.6 Å². The second kappa shape index (κ2) is 10.8. The minimum atomic E-state index is -1.30. The van der Waals surface area contributed by atoms with Gasteiger partial charge in [0.1, 0.15) is 6.04 Å². The highest BCUT2D eigenvalue weighted by molar-refractivity contribution is 5.96. The number of benzene rings is 1. The molecule has 2 rings (SSSR count). The summed E-state index contributed by atoms with van der Waals surface area (Å²) in [6.45, 7) is 0. The monoisotopic (exact) mass is 432 g/mol. The zero-order valence-electron chi connectivity index (χ0n) is 16.6. The van der Waals surface area contributed by atoms with Gasteiger partial charge in [0, 0.05) is 12.0 Å². The summed E-state index contributed by atoms with van der Waals surface area (Å²) < 4.78 is 0. The number of nitrogen functional groups attached to an aromatic ring is 1. The van der Waals surface area contributed by atoms with Crippen molar-refractivity contribution in [1.29, 1.82) is 0 Å². The fourth-order valence-corrected chi connectivity index (χ4v) is 2.95. The number of anilines is 1. The Morgan fingerprint density at radius 3 is 2.32 bits per heavy atom. The van der Waals surface area contributed by atoms with E-state index in [2.05, 4.69) is 15.3 Å². The van der Waals surface area contributed by atoms with Crippen molar-refractivity contribution in [3.05, 3.63) is 51.3 Å². The molecule has 7 N–H and O–H groups in total. The number of hydrogen-bond donors (Lipinski definition) is 6. The number of rotatable bonds is 11. The third-order valence-corrected chi connectivity index (χ3v) is 4.62. The Balaban J connectivity index is 1.86. The lowest BCUT2D eigenvalue weighted by Gasteiger charge is -2.13. The van der Waals surface area contributed by atoms with Crippen molar-refractivity contribution in [2.45, 2.75) is 44.6 Å². The third kappa shape index (κ3) is 7.14. The van der Waals surface area contributed by atoms with E-state index < -0.39 is 29.4 Å². The maximum absolute atomic E-state index is 12.2. The first-order valence-electron chi connectivity index (χ1n) is 9.59. The molecule has 166 valence electrons. The molecule has 0 radical (unpaired) electrons. The molecule has 0 spiro atoms. The zero-order chi connectivity index (χ0) is 23.0. The Hall–Kier alpha value is -3.89. The Morgan fingerprint density at radius 1 is 1.10 bits per heavy atom. The van der Waals surface area contributed by atoms with Crippen molar-refractivity contribution < 1.29 is 29.7 Å². The van der Waals surface area contributed by atoms with Gasteiger partial charge in [-0.1, -0.05) is 12.1 Å². The number of hydrogen-bond acceptors (Lipinski definition) is 7. The largest absolute Gasteiger partial charge is 0.493 e. The van der Waals surface area contributed by atoms with Crippen molar-refractivity contribution in [1.82, 2.24) is 15.3 Å². The smallest absolute Gasteiger partial charge is 0.326 e. The number of nitrogens with two attached hydrogens (primary N) is 1. The number of aromatic amines is 1. The lowest BCUT2D eigenvalue weighted by atomic mass is 10.0. The van der Waals surface area contributed by atoms with E-state index in [0.29, 0.717) is 25.7 Å². The summed E-state index contributed by atoms with van der Waals surface area (Å²) in [5.41, 5.74) is 6.26. The number of aromatic hydroxyl groups is 1. The van der Waals surface area contributed by atoms with Gasteiger partial charge in [0.25, 0.3) is 11.5 Å². The van der Waals surface area contributed by atoms with Crippen LogP contribution in [-0.2, 0) is 22.4 Å². The van der Waals surface area contributed by atoms with Gasteiger partial charge in [0.2, 0.25) is 11.8 Å². The molecule has 0 aliphatic rings. The van der Waals surface area contributed by atoms with Crippen molar-refractivity contribution in [3.8, 4) is 5.88 Å². The number of H-pyrrole nitrogens is 1. The number of aliphatic carboxylic acids is 2. The first-order chi connectivity index (χ1) is 14.7. The van der Waals surface area contributed by atoms with Crippen LogP contribution in [0.4, 0.5) is 5.95 Å². The number of aryl methyl sites for hydroxylation is 1. The Kier molecular flexibility index (Phi) is 8.12. The van der Waals surface area contributed by atoms with Crippen LogP contribution in [0.3, 0.4) is 0 Å². The average molecular weight is 432 g/mol. The van der Waals surface area contributed by atoms with Gasteiger partial charge in [-0.25, -0.2) is 4.79 Å². The number of unbranched alkanes of at least 4 members (excludes halogenated alkanes) is 1. The Morgan fingerprint density at radius 2 is 1.74 bits per heavy atom. The SMILES string of the molecule is Nc1nc(O)c(CCCCc2ccc(C(=O)N[C@@H](CCC(=O)O)C(=O)O)cc2)c(=O)[nH]1. The number of carbonyl (C=O) groups is 3. The highest BCUT2D eigenvalue weighted by Gasteiger charge is 2.21. The lowest BCUT2D eigenvalue weighted by Crippen LogP contribution is -2.41. The molecule has 2 aromatic rings. The molecule has 11 nitrogen and oxygen atoms in total. The molecule has 0 fully saturated rings. The van der Waals surface area contributed by atoms with Crippen LogP contribution in [0.25, 0.3) is 0 Å². The maximum atomic E-state index is 12.2. The molecule has 0 aliphatic carbocycles. The Labute approximate surface area is 176 Å². The summed E-state index contributed by atoms with van der Waals surface area (Å²) in [4.78, 5) is 51.8. The standard InChI is InChI=1S/C20H24N4O7/c21-20-23-17(28)13(18(29)24-20)4-2-1-3-11-5-7-12(8-6-11)16(27)22-14(19(30)31)9-10-15(25)26/h5-8,14H,1-4,9-10H2,(H,22,27)(H,25,26)(H,30,31)(H4,21,23,24,28,29)/t14-/m0/s1. The van der Waals surface area contributed by atoms with E-state index in [-0.39, 0.29) is 35.8 Å². The highest BCUT2D eigenvalue weighted by Crippen LogP contribution is 2.14. The summed E-state index contributed by atoms with van der Waals surface area (Å²) in [7, 11) is 0. The molecule has 11 heteroatoms. The normalized spacial score (nSPS) is 11.6. The van der Waals surface area contributed by atoms with Crippen LogP contribution in [0.1, 0.15) is 47.2 Å². The quantitative estimate of drug-likeness (QED) is 0.276. The number of carbonyl (C=O) groups excluding carboxylic acids is 1. The molecule has 0 unspecified atom stereocenters. The zero-order valence-corrected chi connectivity index (χ0v) is 16.6. The summed E-state index contributed by atoms with van der Waals surface area (Å²) in [6, 6.07) is 5.29. The summed E-state index contributed by atoms with van der Waals surface area (Å²) >= 11 is 0. The maximum Gasteiger partial charge on any atom is 0.326 e. The van der Waals surface area contributed by atoms with Gasteiger partial charge in [-0.05, 0) is 49.8 Å². The van der Waals surface area contributed by atoms with Crippen LogP contribution in [0.5, 0.6) is 5.88 Å². The fourth-order valence-electron chi connectivity index (χ4n) is 2.95. The average Bonchev–Trinajstić information content (AvgIpc) is 2.69. The van der Waals surface area contributed by atoms with Crippen LogP contribution in [0.2, 0.25) is 0 Å². The van der Waals surface area contributed by atoms with Crippen LogP contribution >= 0.6 is 0 Å². The molecule has 31 heavy (non-hydrogen) atoms. The molecule has 0 saturated carbocycles. The number of nitrogens with zero attached hydrogens (tertiary/aromatic N) is 1. The molecule has 1 atom stereocenters. The second-order valence-corrected chi connectivity index (χ2v) is 6.95. The van der Waals surface area contributed by atoms with Crippen molar-refractivity contribution in [3.63, 3.8) is 0 Å². The molecule has 1 aromatic heterocycles. The van der Waals surface area contributed by atoms with E-state index in [1.165, 1.54) is 0 Å². The minimum Gasteiger partial charge on any atom is -0.493 e. The molecule has 0 bridgehead atoms. The Bertz CT molecular complexity index is 1000. The van der Waals surface area contributed by atoms with Gasteiger partial charge >= 0.3 is 11.9 Å². The first-order valence-corrected chi connectivity index (χ1v) is 9.59. The lowest BCUT2D eigenvalue weighted by molar-refractivity contribution is -0.140. The number of aromatic nitrogens is 2. The van der Waals surface area contributed by atoms with E-state index in [1.54, 1.807) is 24.3 Å². The van der Waals surface area contributed by atoms with Crippen LogP contribution in [0, 0.1) is 0 Å². The summed E-state index contributed by atoms with van der Waals surface area (Å²) in [5, 5.41) is 29.8. The van der Waals surface area contributed by atoms with Crippen molar-refractivity contribution >= 4 is 23.8 Å². The predicted octanol–water partition coefficient (Wildman–Crippen LogP) is 0.671. The number of nitrogens with one attached hydrogen (secondary N) is 2. The fraction of sp³-hybridized carbons (Fsp3) is 0.350.